The Morgan fingerprint density at radius 1 is 2.00 bits per heavy atom. The van der Waals surface area contributed by atoms with E-state index in [1.54, 1.807) is 6.29 Å². The van der Waals surface area contributed by atoms with Crippen LogP contribution in [0.5, 0.6) is 0 Å². The van der Waals surface area contributed by atoms with Crippen LogP contribution in [-0.2, 0) is 4.79 Å². The van der Waals surface area contributed by atoms with Gasteiger partial charge in [-0.05, 0) is 0 Å². The molecule has 3 heteroatoms. The zero-order chi connectivity index (χ0) is 4.12. The minimum atomic E-state index is 0.364. The fourth-order valence-corrected chi connectivity index (χ4v) is 0.237. The van der Waals surface area contributed by atoms with Gasteiger partial charge in [-0.25, -0.2) is 0 Å². The second-order valence-electron chi connectivity index (χ2n) is 0.418. The Labute approximate surface area is 39.9 Å². The zero-order valence-electron chi connectivity index (χ0n) is 2.47. The zero-order valence-corrected chi connectivity index (χ0v) is 4.18. The standard InChI is InChI=1S/C2H3OS2/c3-1-2-5-4/h4H,2H2. The number of hydrogen-bond acceptors (Lipinski definition) is 3. The van der Waals surface area contributed by atoms with E-state index in [0.29, 0.717) is 5.75 Å². The van der Waals surface area contributed by atoms with E-state index in [1.807, 2.05) is 0 Å². The highest BCUT2D eigenvalue weighted by atomic mass is 33.1. The number of carbonyl (C=O) groups excluding carboxylic acids is 1. The third kappa shape index (κ3) is 4.37. The summed E-state index contributed by atoms with van der Waals surface area (Å²) in [5.74, 6) is 0.364. The molecule has 0 aliphatic rings. The molecule has 5 heavy (non-hydrogen) atoms. The molecule has 0 aromatic carbocycles. The van der Waals surface area contributed by atoms with E-state index in [2.05, 4.69) is 11.7 Å². The van der Waals surface area contributed by atoms with Crippen LogP contribution >= 0.6 is 22.5 Å². The van der Waals surface area contributed by atoms with Gasteiger partial charge >= 0.3 is 0 Å². The molecule has 29 valence electrons. The molecule has 0 bridgehead atoms. The average molecular weight is 107 g/mol. The van der Waals surface area contributed by atoms with Crippen LogP contribution in [0.1, 0.15) is 0 Å². The molecule has 0 aliphatic carbocycles. The van der Waals surface area contributed by atoms with E-state index >= 15 is 0 Å². The van der Waals surface area contributed by atoms with Crippen molar-refractivity contribution in [3.05, 3.63) is 0 Å². The van der Waals surface area contributed by atoms with Crippen molar-refractivity contribution in [1.82, 2.24) is 0 Å². The number of hydrogen-bond donors (Lipinski definition) is 1. The van der Waals surface area contributed by atoms with Crippen LogP contribution in [0.4, 0.5) is 0 Å². The summed E-state index contributed by atoms with van der Waals surface area (Å²) in [6, 6.07) is 0. The third-order valence-corrected chi connectivity index (χ3v) is 0.758. The average Bonchev–Trinajstić information content (AvgIpc) is 1.41. The smallest absolute Gasteiger partial charge is 0.209 e. The molecule has 0 unspecified atom stereocenters. The van der Waals surface area contributed by atoms with E-state index in [0.717, 1.165) is 0 Å². The van der Waals surface area contributed by atoms with E-state index in [-0.39, 0.29) is 0 Å². The highest BCUT2D eigenvalue weighted by molar-refractivity contribution is 8.68. The maximum atomic E-state index is 9.21. The summed E-state index contributed by atoms with van der Waals surface area (Å²) in [6.07, 6.45) is 1.65. The quantitative estimate of drug-likeness (QED) is 0.412. The van der Waals surface area contributed by atoms with Gasteiger partial charge in [0.25, 0.3) is 0 Å². The molecule has 0 aromatic heterocycles. The van der Waals surface area contributed by atoms with E-state index in [1.165, 1.54) is 10.8 Å². The van der Waals surface area contributed by atoms with Crippen LogP contribution in [0, 0.1) is 0 Å². The van der Waals surface area contributed by atoms with E-state index in [9.17, 15) is 4.79 Å². The SMILES string of the molecule is O=[C]CSS. The number of thiol groups is 1. The molecular formula is C2H3OS2. The first-order chi connectivity index (χ1) is 2.41. The summed E-state index contributed by atoms with van der Waals surface area (Å²) in [5.41, 5.74) is 0. The highest BCUT2D eigenvalue weighted by Gasteiger charge is 1.70. The maximum Gasteiger partial charge on any atom is 0.209 e. The van der Waals surface area contributed by atoms with Crippen molar-refractivity contribution in [1.29, 1.82) is 0 Å². The summed E-state index contributed by atoms with van der Waals surface area (Å²) in [4.78, 5) is 9.21. The van der Waals surface area contributed by atoms with Crippen molar-refractivity contribution in [3.8, 4) is 0 Å². The van der Waals surface area contributed by atoms with Gasteiger partial charge < -0.3 is 0 Å². The van der Waals surface area contributed by atoms with Gasteiger partial charge in [-0.3, -0.25) is 4.79 Å². The number of rotatable bonds is 2. The Morgan fingerprint density at radius 3 is 2.60 bits per heavy atom. The topological polar surface area (TPSA) is 17.1 Å². The van der Waals surface area contributed by atoms with Crippen molar-refractivity contribution in [2.45, 2.75) is 0 Å². The van der Waals surface area contributed by atoms with Crippen LogP contribution in [0.2, 0.25) is 0 Å². The molecule has 0 saturated heterocycles. The predicted octanol–water partition coefficient (Wildman–Crippen LogP) is 0.674. The molecule has 0 amide bonds. The van der Waals surface area contributed by atoms with Crippen molar-refractivity contribution < 1.29 is 4.79 Å². The van der Waals surface area contributed by atoms with Gasteiger partial charge in [0.1, 0.15) is 0 Å². The second kappa shape index (κ2) is 4.37. The van der Waals surface area contributed by atoms with Gasteiger partial charge in [-0.2, -0.15) is 0 Å². The fraction of sp³-hybridized carbons (Fsp3) is 0.500. The molecule has 0 fully saturated rings. The molecule has 0 heterocycles. The summed E-state index contributed by atoms with van der Waals surface area (Å²) in [7, 11) is 1.17. The van der Waals surface area contributed by atoms with Crippen molar-refractivity contribution in [2.75, 3.05) is 5.75 Å². The first-order valence-electron chi connectivity index (χ1n) is 1.03. The summed E-state index contributed by atoms with van der Waals surface area (Å²) >= 11 is 3.65. The molecule has 0 rings (SSSR count). The summed E-state index contributed by atoms with van der Waals surface area (Å²) in [6.45, 7) is 0. The molecule has 0 aliphatic heterocycles. The Hall–Kier alpha value is 0.370. The van der Waals surface area contributed by atoms with Crippen LogP contribution < -0.4 is 0 Å². The monoisotopic (exact) mass is 107 g/mol. The lowest BCUT2D eigenvalue weighted by molar-refractivity contribution is 0.560. The lowest BCUT2D eigenvalue weighted by Crippen LogP contribution is -1.67. The first-order valence-corrected chi connectivity index (χ1v) is 3.07. The van der Waals surface area contributed by atoms with Gasteiger partial charge in [0.15, 0.2) is 0 Å². The van der Waals surface area contributed by atoms with E-state index in [4.69, 9.17) is 0 Å². The lowest BCUT2D eigenvalue weighted by Gasteiger charge is -1.66. The Kier molecular flexibility index (Phi) is 4.69. The van der Waals surface area contributed by atoms with Crippen molar-refractivity contribution >= 4 is 28.7 Å². The van der Waals surface area contributed by atoms with Crippen LogP contribution in [0.15, 0.2) is 0 Å². The maximum absolute atomic E-state index is 9.21. The third-order valence-electron chi connectivity index (χ3n) is 0.123. The minimum Gasteiger partial charge on any atom is -0.290 e. The van der Waals surface area contributed by atoms with Crippen LogP contribution in [0.3, 0.4) is 0 Å². The molecule has 0 atom stereocenters. The molecule has 1 nitrogen and oxygen atoms in total. The molecule has 0 saturated carbocycles. The summed E-state index contributed by atoms with van der Waals surface area (Å²) in [5, 5.41) is 0. The van der Waals surface area contributed by atoms with Gasteiger partial charge in [0.05, 0.1) is 5.75 Å². The van der Waals surface area contributed by atoms with Crippen LogP contribution in [-0.4, -0.2) is 12.0 Å². The van der Waals surface area contributed by atoms with Crippen molar-refractivity contribution in [2.24, 2.45) is 0 Å². The molecule has 0 N–H and O–H groups in total. The fourth-order valence-electron chi connectivity index (χ4n) is 0.0264. The normalized spacial score (nSPS) is 7.40. The molecular weight excluding hydrogens is 104 g/mol. The van der Waals surface area contributed by atoms with Crippen LogP contribution in [0.25, 0.3) is 0 Å². The van der Waals surface area contributed by atoms with Gasteiger partial charge in [0, 0.05) is 0 Å². The Bertz CT molecular complexity index is 28.8. The predicted molar refractivity (Wildman–Crippen MR) is 27.1 cm³/mol. The molecule has 0 aromatic rings. The second-order valence-corrected chi connectivity index (χ2v) is 1.74. The molecule has 1 radical (unpaired) electrons. The Balaban J connectivity index is 2.40. The summed E-state index contributed by atoms with van der Waals surface area (Å²) < 4.78 is 0. The minimum absolute atomic E-state index is 0.364. The van der Waals surface area contributed by atoms with Gasteiger partial charge in [0.2, 0.25) is 6.29 Å². The Morgan fingerprint density at radius 2 is 2.60 bits per heavy atom. The van der Waals surface area contributed by atoms with Gasteiger partial charge in [-0.1, -0.05) is 10.8 Å². The lowest BCUT2D eigenvalue weighted by atomic mass is 10.9. The highest BCUT2D eigenvalue weighted by Crippen LogP contribution is 1.99. The largest absolute Gasteiger partial charge is 0.290 e. The molecule has 0 spiro atoms. The first kappa shape index (κ1) is 5.37. The van der Waals surface area contributed by atoms with E-state index < -0.39 is 0 Å². The van der Waals surface area contributed by atoms with Crippen molar-refractivity contribution in [3.63, 3.8) is 0 Å². The van der Waals surface area contributed by atoms with Gasteiger partial charge in [-0.15, -0.1) is 11.7 Å².